The van der Waals surface area contributed by atoms with Crippen LogP contribution in [0.2, 0.25) is 0 Å². The molecule has 2 nitrogen and oxygen atoms in total. The number of methoxy groups -OCH3 is 1. The zero-order chi connectivity index (χ0) is 16.1. The molecule has 0 amide bonds. The number of allylic oxidation sites excluding steroid dienone is 4. The first kappa shape index (κ1) is 15.3. The maximum absolute atomic E-state index is 11.2. The fraction of sp³-hybridized carbons (Fsp3) is 0.190. The highest BCUT2D eigenvalue weighted by Gasteiger charge is 2.22. The first-order valence-electron chi connectivity index (χ1n) is 7.86. The predicted molar refractivity (Wildman–Crippen MR) is 93.5 cm³/mol. The molecular weight excluding hydrogens is 284 g/mol. The van der Waals surface area contributed by atoms with Crippen LogP contribution < -0.4 is 4.74 Å². The topological polar surface area (TPSA) is 26.3 Å². The lowest BCUT2D eigenvalue weighted by Gasteiger charge is -2.18. The second-order valence-electron chi connectivity index (χ2n) is 5.63. The Balaban J connectivity index is 2.02. The molecule has 0 N–H and O–H groups in total. The minimum absolute atomic E-state index is 0.302. The van der Waals surface area contributed by atoms with Gasteiger partial charge in [0.05, 0.1) is 7.11 Å². The third-order valence-electron chi connectivity index (χ3n) is 4.32. The van der Waals surface area contributed by atoms with Crippen molar-refractivity contribution in [3.8, 4) is 5.75 Å². The smallest absolute Gasteiger partial charge is 0.124 e. The lowest BCUT2D eigenvalue weighted by atomic mass is 9.86. The van der Waals surface area contributed by atoms with Crippen molar-refractivity contribution in [1.29, 1.82) is 0 Å². The Kier molecular flexibility index (Phi) is 4.72. The van der Waals surface area contributed by atoms with Gasteiger partial charge < -0.3 is 9.53 Å². The molecule has 0 saturated carbocycles. The highest BCUT2D eigenvalue weighted by atomic mass is 16.5. The summed E-state index contributed by atoms with van der Waals surface area (Å²) in [6.07, 6.45) is 6.76. The molecule has 2 heteroatoms. The van der Waals surface area contributed by atoms with Crippen LogP contribution in [-0.4, -0.2) is 13.4 Å². The zero-order valence-electron chi connectivity index (χ0n) is 13.2. The van der Waals surface area contributed by atoms with E-state index in [1.165, 1.54) is 11.1 Å². The highest BCUT2D eigenvalue weighted by Crippen LogP contribution is 2.40. The Labute approximate surface area is 137 Å². The van der Waals surface area contributed by atoms with Gasteiger partial charge in [-0.05, 0) is 40.8 Å². The monoisotopic (exact) mass is 304 g/mol. The van der Waals surface area contributed by atoms with Crippen LogP contribution in [0.1, 0.15) is 29.9 Å². The van der Waals surface area contributed by atoms with E-state index in [4.69, 9.17) is 4.74 Å². The third kappa shape index (κ3) is 3.26. The van der Waals surface area contributed by atoms with E-state index in [1.807, 2.05) is 30.3 Å². The standard InChI is InChI=1S/C21H20O2/c1-23-18-12-10-17(11-13-18)19-8-5-9-21(19)20(14-15-22)16-6-3-2-4-7-16/h2-7,9-13,15,19H,8,14H2,1H3. The van der Waals surface area contributed by atoms with Gasteiger partial charge in [0.2, 0.25) is 0 Å². The van der Waals surface area contributed by atoms with Gasteiger partial charge in [-0.15, -0.1) is 0 Å². The summed E-state index contributed by atoms with van der Waals surface area (Å²) in [5, 5.41) is 0. The number of carbonyl (C=O) groups is 1. The molecule has 0 bridgehead atoms. The summed E-state index contributed by atoms with van der Waals surface area (Å²) in [5.74, 6) is 1.16. The first-order valence-corrected chi connectivity index (χ1v) is 7.86. The number of ether oxygens (including phenoxy) is 1. The molecule has 2 aromatic carbocycles. The van der Waals surface area contributed by atoms with Crippen molar-refractivity contribution >= 4 is 11.9 Å². The van der Waals surface area contributed by atoms with Crippen molar-refractivity contribution in [3.63, 3.8) is 0 Å². The number of carbonyl (C=O) groups excluding carboxylic acids is 1. The Morgan fingerprint density at radius 2 is 1.87 bits per heavy atom. The maximum atomic E-state index is 11.2. The minimum Gasteiger partial charge on any atom is -0.497 e. The molecule has 0 saturated heterocycles. The van der Waals surface area contributed by atoms with Crippen molar-refractivity contribution in [3.05, 3.63) is 83.4 Å². The van der Waals surface area contributed by atoms with Gasteiger partial charge >= 0.3 is 0 Å². The molecular formula is C21H20O2. The van der Waals surface area contributed by atoms with Crippen LogP contribution in [0.3, 0.4) is 0 Å². The van der Waals surface area contributed by atoms with Gasteiger partial charge in [-0.25, -0.2) is 0 Å². The van der Waals surface area contributed by atoms with E-state index in [1.54, 1.807) is 7.11 Å². The summed E-state index contributed by atoms with van der Waals surface area (Å²) in [5.41, 5.74) is 4.74. The summed E-state index contributed by atoms with van der Waals surface area (Å²) in [6, 6.07) is 18.4. The van der Waals surface area contributed by atoms with E-state index in [0.29, 0.717) is 12.3 Å². The van der Waals surface area contributed by atoms with Gasteiger partial charge in [0.25, 0.3) is 0 Å². The second kappa shape index (κ2) is 7.10. The highest BCUT2D eigenvalue weighted by molar-refractivity contribution is 5.82. The van der Waals surface area contributed by atoms with E-state index >= 15 is 0 Å². The number of aldehydes is 1. The number of hydrogen-bond acceptors (Lipinski definition) is 2. The van der Waals surface area contributed by atoms with Crippen molar-refractivity contribution in [2.45, 2.75) is 18.8 Å². The average Bonchev–Trinajstić information content (AvgIpc) is 3.10. The van der Waals surface area contributed by atoms with E-state index in [9.17, 15) is 4.79 Å². The van der Waals surface area contributed by atoms with E-state index in [-0.39, 0.29) is 0 Å². The second-order valence-corrected chi connectivity index (χ2v) is 5.63. The van der Waals surface area contributed by atoms with Crippen LogP contribution in [0, 0.1) is 0 Å². The molecule has 23 heavy (non-hydrogen) atoms. The van der Waals surface area contributed by atoms with Crippen LogP contribution in [0.4, 0.5) is 0 Å². The Morgan fingerprint density at radius 3 is 2.52 bits per heavy atom. The van der Waals surface area contributed by atoms with Gasteiger partial charge in [0.15, 0.2) is 0 Å². The van der Waals surface area contributed by atoms with Crippen molar-refractivity contribution in [2.75, 3.05) is 7.11 Å². The Hall–Kier alpha value is -2.61. The summed E-state index contributed by atoms with van der Waals surface area (Å²) in [7, 11) is 1.68. The van der Waals surface area contributed by atoms with Crippen LogP contribution >= 0.6 is 0 Å². The van der Waals surface area contributed by atoms with Crippen LogP contribution in [0.25, 0.3) is 5.57 Å². The molecule has 0 fully saturated rings. The average molecular weight is 304 g/mol. The van der Waals surface area contributed by atoms with Crippen molar-refractivity contribution in [1.82, 2.24) is 0 Å². The molecule has 0 heterocycles. The van der Waals surface area contributed by atoms with Gasteiger partial charge in [-0.2, -0.15) is 0 Å². The summed E-state index contributed by atoms with van der Waals surface area (Å²) < 4.78 is 5.24. The fourth-order valence-corrected chi connectivity index (χ4v) is 3.16. The molecule has 1 aliphatic rings. The van der Waals surface area contributed by atoms with E-state index in [2.05, 4.69) is 36.4 Å². The summed E-state index contributed by atoms with van der Waals surface area (Å²) in [4.78, 5) is 11.2. The number of rotatable bonds is 5. The first-order chi connectivity index (χ1) is 11.3. The van der Waals surface area contributed by atoms with Crippen LogP contribution in [-0.2, 0) is 4.79 Å². The maximum Gasteiger partial charge on any atom is 0.124 e. The molecule has 0 aromatic heterocycles. The van der Waals surface area contributed by atoms with Crippen molar-refractivity contribution in [2.24, 2.45) is 0 Å². The minimum atomic E-state index is 0.302. The number of hydrogen-bond donors (Lipinski definition) is 0. The normalized spacial score (nSPS) is 18.7. The Bertz CT molecular complexity index is 724. The molecule has 1 aliphatic carbocycles. The third-order valence-corrected chi connectivity index (χ3v) is 4.32. The Morgan fingerprint density at radius 1 is 1.13 bits per heavy atom. The zero-order valence-corrected chi connectivity index (χ0v) is 13.2. The van der Waals surface area contributed by atoms with Gasteiger partial charge in [-0.3, -0.25) is 0 Å². The largest absolute Gasteiger partial charge is 0.497 e. The predicted octanol–water partition coefficient (Wildman–Crippen LogP) is 4.78. The van der Waals surface area contributed by atoms with E-state index < -0.39 is 0 Å². The van der Waals surface area contributed by atoms with Crippen molar-refractivity contribution < 1.29 is 9.53 Å². The molecule has 3 rings (SSSR count). The number of benzene rings is 2. The summed E-state index contributed by atoms with van der Waals surface area (Å²) in [6.45, 7) is 0. The SMILES string of the molecule is COc1ccc(C2CC=CC2=C(CC=O)c2ccccc2)cc1. The van der Waals surface area contributed by atoms with Gasteiger partial charge in [-0.1, -0.05) is 54.6 Å². The lowest BCUT2D eigenvalue weighted by molar-refractivity contribution is -0.107. The lowest BCUT2D eigenvalue weighted by Crippen LogP contribution is -2.01. The summed E-state index contributed by atoms with van der Waals surface area (Å²) >= 11 is 0. The quantitative estimate of drug-likeness (QED) is 0.743. The molecule has 1 unspecified atom stereocenters. The molecule has 0 aliphatic heterocycles. The molecule has 116 valence electrons. The van der Waals surface area contributed by atoms with Gasteiger partial charge in [0, 0.05) is 12.3 Å². The fourth-order valence-electron chi connectivity index (χ4n) is 3.16. The molecule has 2 aromatic rings. The van der Waals surface area contributed by atoms with E-state index in [0.717, 1.165) is 29.6 Å². The van der Waals surface area contributed by atoms with Crippen LogP contribution in [0.15, 0.2) is 72.3 Å². The molecule has 0 spiro atoms. The molecule has 0 radical (unpaired) electrons. The molecule has 1 atom stereocenters. The van der Waals surface area contributed by atoms with Gasteiger partial charge in [0.1, 0.15) is 12.0 Å². The van der Waals surface area contributed by atoms with Crippen LogP contribution in [0.5, 0.6) is 5.75 Å².